The topological polar surface area (TPSA) is 78.9 Å². The SMILES string of the molecule is CC/C=C\C/C=C\C/C=C\C/C=C\C/C=C\CCCCCCCCCCCCCCCCCCCCCC(=O)OCC(COC(=O)CCCCCCCC)OC(=O)CCCCCCCCCCCCCCCCCCCCC. The van der Waals surface area contributed by atoms with E-state index in [2.05, 4.69) is 81.5 Å². The van der Waals surface area contributed by atoms with E-state index >= 15 is 0 Å². The Bertz CT molecular complexity index is 1390. The first-order valence-corrected chi connectivity index (χ1v) is 34.3. The number of esters is 3. The molecule has 0 N–H and O–H groups in total. The van der Waals surface area contributed by atoms with E-state index in [9.17, 15) is 14.4 Å². The number of carbonyl (C=O) groups is 3. The first-order chi connectivity index (χ1) is 38.5. The summed E-state index contributed by atoms with van der Waals surface area (Å²) in [6.07, 6.45) is 85.8. The molecule has 0 aliphatic heterocycles. The maximum Gasteiger partial charge on any atom is 0.306 e. The highest BCUT2D eigenvalue weighted by Gasteiger charge is 2.19. The normalized spacial score (nSPS) is 12.4. The Balaban J connectivity index is 3.93. The van der Waals surface area contributed by atoms with Crippen molar-refractivity contribution >= 4 is 17.9 Å². The Labute approximate surface area is 485 Å². The minimum atomic E-state index is -0.766. The van der Waals surface area contributed by atoms with E-state index in [4.69, 9.17) is 14.2 Å². The van der Waals surface area contributed by atoms with Crippen LogP contribution in [0, 0.1) is 0 Å². The van der Waals surface area contributed by atoms with Crippen LogP contribution in [0.2, 0.25) is 0 Å². The van der Waals surface area contributed by atoms with E-state index in [1.54, 1.807) is 0 Å². The van der Waals surface area contributed by atoms with Crippen molar-refractivity contribution in [1.29, 1.82) is 0 Å². The smallest absolute Gasteiger partial charge is 0.306 e. The molecule has 1 unspecified atom stereocenters. The number of hydrogen-bond acceptors (Lipinski definition) is 6. The van der Waals surface area contributed by atoms with Gasteiger partial charge in [-0.25, -0.2) is 0 Å². The largest absolute Gasteiger partial charge is 0.462 e. The fraction of sp³-hybridized carbons (Fsp3) is 0.819. The van der Waals surface area contributed by atoms with Crippen molar-refractivity contribution in [1.82, 2.24) is 0 Å². The molecule has 0 aliphatic carbocycles. The summed E-state index contributed by atoms with van der Waals surface area (Å²) in [6, 6.07) is 0. The molecule has 454 valence electrons. The summed E-state index contributed by atoms with van der Waals surface area (Å²) in [4.78, 5) is 38.0. The van der Waals surface area contributed by atoms with Crippen LogP contribution in [0.15, 0.2) is 60.8 Å². The van der Waals surface area contributed by atoms with Crippen molar-refractivity contribution in [3.05, 3.63) is 60.8 Å². The minimum Gasteiger partial charge on any atom is -0.462 e. The van der Waals surface area contributed by atoms with Crippen LogP contribution in [0.4, 0.5) is 0 Å². The number of hydrogen-bond donors (Lipinski definition) is 0. The quantitative estimate of drug-likeness (QED) is 0.0261. The molecule has 6 heteroatoms. The van der Waals surface area contributed by atoms with Crippen molar-refractivity contribution in [2.75, 3.05) is 13.2 Å². The van der Waals surface area contributed by atoms with E-state index in [1.807, 2.05) is 0 Å². The first kappa shape index (κ1) is 75.1. The van der Waals surface area contributed by atoms with Gasteiger partial charge < -0.3 is 14.2 Å². The Hall–Kier alpha value is -2.89. The maximum absolute atomic E-state index is 12.8. The van der Waals surface area contributed by atoms with Gasteiger partial charge in [-0.3, -0.25) is 14.4 Å². The maximum atomic E-state index is 12.8. The van der Waals surface area contributed by atoms with Gasteiger partial charge in [0, 0.05) is 19.3 Å². The van der Waals surface area contributed by atoms with Crippen LogP contribution in [-0.2, 0) is 28.6 Å². The van der Waals surface area contributed by atoms with Gasteiger partial charge in [0.2, 0.25) is 0 Å². The monoisotopic (exact) mass is 1090 g/mol. The second kappa shape index (κ2) is 66.6. The Morgan fingerprint density at radius 1 is 0.269 bits per heavy atom. The highest BCUT2D eigenvalue weighted by molar-refractivity contribution is 5.71. The fourth-order valence-electron chi connectivity index (χ4n) is 10.2. The van der Waals surface area contributed by atoms with Crippen LogP contribution in [0.5, 0.6) is 0 Å². The van der Waals surface area contributed by atoms with Gasteiger partial charge in [-0.1, -0.05) is 338 Å². The molecule has 1 atom stereocenters. The van der Waals surface area contributed by atoms with Crippen LogP contribution in [0.3, 0.4) is 0 Å². The van der Waals surface area contributed by atoms with Crippen molar-refractivity contribution < 1.29 is 28.6 Å². The molecule has 0 spiro atoms. The molecule has 0 aromatic carbocycles. The van der Waals surface area contributed by atoms with Gasteiger partial charge in [-0.2, -0.15) is 0 Å². The Kier molecular flexibility index (Phi) is 64.2. The third kappa shape index (κ3) is 63.9. The van der Waals surface area contributed by atoms with E-state index in [0.29, 0.717) is 19.3 Å². The summed E-state index contributed by atoms with van der Waals surface area (Å²) >= 11 is 0. The fourth-order valence-corrected chi connectivity index (χ4v) is 10.2. The first-order valence-electron chi connectivity index (χ1n) is 34.3. The number of ether oxygens (including phenoxy) is 3. The number of rotatable bonds is 63. The molecule has 0 amide bonds. The molecule has 0 radical (unpaired) electrons. The second-order valence-electron chi connectivity index (χ2n) is 23.1. The number of carbonyl (C=O) groups excluding carboxylic acids is 3. The van der Waals surface area contributed by atoms with E-state index in [-0.39, 0.29) is 31.1 Å². The lowest BCUT2D eigenvalue weighted by Gasteiger charge is -2.18. The Morgan fingerprint density at radius 3 is 0.782 bits per heavy atom. The molecule has 0 saturated heterocycles. The molecule has 6 nitrogen and oxygen atoms in total. The van der Waals surface area contributed by atoms with Crippen LogP contribution in [0.25, 0.3) is 0 Å². The zero-order chi connectivity index (χ0) is 56.4. The molecule has 0 bridgehead atoms. The zero-order valence-corrected chi connectivity index (χ0v) is 52.2. The molecule has 0 heterocycles. The highest BCUT2D eigenvalue weighted by atomic mass is 16.6. The van der Waals surface area contributed by atoms with Gasteiger partial charge >= 0.3 is 17.9 Å². The number of unbranched alkanes of at least 4 members (excludes halogenated alkanes) is 42. The summed E-state index contributed by atoms with van der Waals surface area (Å²) in [5.41, 5.74) is 0. The molecule has 78 heavy (non-hydrogen) atoms. The average Bonchev–Trinajstić information content (AvgIpc) is 3.44. The van der Waals surface area contributed by atoms with Crippen molar-refractivity contribution in [2.45, 2.75) is 367 Å². The van der Waals surface area contributed by atoms with Crippen molar-refractivity contribution in [3.8, 4) is 0 Å². The highest BCUT2D eigenvalue weighted by Crippen LogP contribution is 2.18. The summed E-state index contributed by atoms with van der Waals surface area (Å²) in [5.74, 6) is -0.853. The predicted octanol–water partition coefficient (Wildman–Crippen LogP) is 23.5. The Morgan fingerprint density at radius 2 is 0.500 bits per heavy atom. The summed E-state index contributed by atoms with van der Waals surface area (Å²) in [7, 11) is 0. The van der Waals surface area contributed by atoms with Crippen LogP contribution in [-0.4, -0.2) is 37.2 Å². The lowest BCUT2D eigenvalue weighted by Crippen LogP contribution is -2.30. The molecule has 0 aromatic rings. The number of allylic oxidation sites excluding steroid dienone is 10. The average molecular weight is 1090 g/mol. The van der Waals surface area contributed by atoms with Gasteiger partial charge in [0.15, 0.2) is 6.10 Å². The van der Waals surface area contributed by atoms with Crippen LogP contribution in [0.1, 0.15) is 361 Å². The molecule has 0 fully saturated rings. The minimum absolute atomic E-state index is 0.0671. The van der Waals surface area contributed by atoms with Crippen LogP contribution < -0.4 is 0 Å². The molecular weight excluding hydrogens is 961 g/mol. The summed E-state index contributed by atoms with van der Waals surface area (Å²) in [6.45, 7) is 6.52. The molecule has 0 saturated carbocycles. The van der Waals surface area contributed by atoms with Crippen molar-refractivity contribution in [3.63, 3.8) is 0 Å². The third-order valence-corrected chi connectivity index (χ3v) is 15.3. The van der Waals surface area contributed by atoms with Gasteiger partial charge in [0.25, 0.3) is 0 Å². The summed E-state index contributed by atoms with van der Waals surface area (Å²) in [5, 5.41) is 0. The van der Waals surface area contributed by atoms with Gasteiger partial charge in [0.05, 0.1) is 0 Å². The molecule has 0 rings (SSSR count). The molecular formula is C72H130O6. The van der Waals surface area contributed by atoms with E-state index < -0.39 is 6.10 Å². The lowest BCUT2D eigenvalue weighted by molar-refractivity contribution is -0.167. The predicted molar refractivity (Wildman–Crippen MR) is 339 cm³/mol. The van der Waals surface area contributed by atoms with Gasteiger partial charge in [-0.15, -0.1) is 0 Å². The van der Waals surface area contributed by atoms with Crippen LogP contribution >= 0.6 is 0 Å². The molecule has 0 aromatic heterocycles. The van der Waals surface area contributed by atoms with E-state index in [1.165, 1.54) is 231 Å². The lowest BCUT2D eigenvalue weighted by atomic mass is 10.0. The van der Waals surface area contributed by atoms with Gasteiger partial charge in [0.1, 0.15) is 13.2 Å². The standard InChI is InChI=1S/C72H130O6/c1-4-7-10-13-16-18-20-22-24-26-28-29-30-31-32-33-34-35-36-37-38-39-40-41-42-43-45-46-48-50-52-54-56-59-62-65-71(74)77-68-69(67-76-70(73)64-61-58-15-12-9-6-3)78-72(75)66-63-60-57-55-53-51-49-47-44-27-25-23-21-19-17-14-11-8-5-2/h7,10,16,18,22,24,28-29,31-32,69H,4-6,8-9,11-15,17,19-21,23,25-27,30,33-68H2,1-3H3/b10-7-,18-16-,24-22-,29-28-,32-31-. The van der Waals surface area contributed by atoms with E-state index in [0.717, 1.165) is 89.9 Å². The van der Waals surface area contributed by atoms with Gasteiger partial charge in [-0.05, 0) is 64.2 Å². The molecule has 0 aliphatic rings. The summed E-state index contributed by atoms with van der Waals surface area (Å²) < 4.78 is 16.8. The third-order valence-electron chi connectivity index (χ3n) is 15.3. The van der Waals surface area contributed by atoms with Crippen molar-refractivity contribution in [2.24, 2.45) is 0 Å². The second-order valence-corrected chi connectivity index (χ2v) is 23.1. The zero-order valence-electron chi connectivity index (χ0n) is 52.2.